The summed E-state index contributed by atoms with van der Waals surface area (Å²) in [5, 5.41) is 16.1. The van der Waals surface area contributed by atoms with E-state index in [-0.39, 0.29) is 11.7 Å². The maximum Gasteiger partial charge on any atom is 0.258 e. The fourth-order valence-electron chi connectivity index (χ4n) is 3.79. The summed E-state index contributed by atoms with van der Waals surface area (Å²) in [7, 11) is 0. The van der Waals surface area contributed by atoms with Gasteiger partial charge in [-0.1, -0.05) is 12.1 Å². The number of aliphatic hydroxyl groups excluding tert-OH is 1. The fraction of sp³-hybridized carbons (Fsp3) is 0.316. The molecule has 25 heavy (non-hydrogen) atoms. The Morgan fingerprint density at radius 2 is 1.84 bits per heavy atom. The molecule has 4 N–H and O–H groups in total. The van der Waals surface area contributed by atoms with Crippen LogP contribution in [0.15, 0.2) is 52.4 Å². The number of nitrogens with one attached hydrogen (secondary N) is 1. The van der Waals surface area contributed by atoms with Gasteiger partial charge in [-0.15, -0.1) is 0 Å². The molecule has 0 saturated heterocycles. The van der Waals surface area contributed by atoms with Crippen LogP contribution in [-0.4, -0.2) is 20.8 Å². The van der Waals surface area contributed by atoms with Gasteiger partial charge in [-0.3, -0.25) is 9.93 Å². The molecule has 1 aliphatic carbocycles. The second-order valence-electron chi connectivity index (χ2n) is 6.62. The number of aromatic nitrogens is 2. The molecule has 0 amide bonds. The maximum absolute atomic E-state index is 12.5. The van der Waals surface area contributed by atoms with Crippen LogP contribution >= 0.6 is 11.9 Å². The maximum atomic E-state index is 12.5. The SMILES string of the molecule is NSc1ccc(-c2cn(C3CCC(O)CC3)c3cc[nH]c(=O)c23)cc1. The first-order chi connectivity index (χ1) is 12.2. The Labute approximate surface area is 150 Å². The Morgan fingerprint density at radius 3 is 2.52 bits per heavy atom. The molecule has 0 spiro atoms. The van der Waals surface area contributed by atoms with Crippen molar-refractivity contribution in [3.63, 3.8) is 0 Å². The number of benzene rings is 1. The summed E-state index contributed by atoms with van der Waals surface area (Å²) in [4.78, 5) is 16.3. The third kappa shape index (κ3) is 3.01. The van der Waals surface area contributed by atoms with E-state index in [1.165, 1.54) is 11.9 Å². The van der Waals surface area contributed by atoms with E-state index in [2.05, 4.69) is 15.7 Å². The third-order valence-corrected chi connectivity index (χ3v) is 5.66. The number of nitrogens with zero attached hydrogens (tertiary/aromatic N) is 1. The summed E-state index contributed by atoms with van der Waals surface area (Å²) in [6, 6.07) is 10.2. The van der Waals surface area contributed by atoms with E-state index in [4.69, 9.17) is 5.14 Å². The highest BCUT2D eigenvalue weighted by molar-refractivity contribution is 7.97. The van der Waals surface area contributed by atoms with Gasteiger partial charge in [-0.25, -0.2) is 0 Å². The molecule has 4 rings (SSSR count). The van der Waals surface area contributed by atoms with Crippen LogP contribution in [0.5, 0.6) is 0 Å². The number of aromatic amines is 1. The van der Waals surface area contributed by atoms with Crippen LogP contribution in [0, 0.1) is 0 Å². The summed E-state index contributed by atoms with van der Waals surface area (Å²) in [6.07, 6.45) is 7.09. The first-order valence-corrected chi connectivity index (χ1v) is 9.43. The fourth-order valence-corrected chi connectivity index (χ4v) is 4.08. The number of hydrogen-bond donors (Lipinski definition) is 3. The van der Waals surface area contributed by atoms with Gasteiger partial charge in [0.1, 0.15) is 0 Å². The number of fused-ring (bicyclic) bond motifs is 1. The van der Waals surface area contributed by atoms with E-state index < -0.39 is 0 Å². The zero-order valence-corrected chi connectivity index (χ0v) is 14.6. The summed E-state index contributed by atoms with van der Waals surface area (Å²) < 4.78 is 2.22. The molecule has 0 bridgehead atoms. The molecule has 2 aromatic heterocycles. The predicted octanol–water partition coefficient (Wildman–Crippen LogP) is 3.44. The van der Waals surface area contributed by atoms with Crippen LogP contribution in [-0.2, 0) is 0 Å². The molecule has 1 aliphatic rings. The quantitative estimate of drug-likeness (QED) is 0.629. The minimum Gasteiger partial charge on any atom is -0.393 e. The Morgan fingerprint density at radius 1 is 1.12 bits per heavy atom. The molecule has 0 radical (unpaired) electrons. The second kappa shape index (κ2) is 6.71. The number of H-pyrrole nitrogens is 1. The molecule has 2 heterocycles. The molecule has 3 aromatic rings. The normalized spacial score (nSPS) is 20.9. The van der Waals surface area contributed by atoms with Crippen molar-refractivity contribution in [1.29, 1.82) is 0 Å². The number of rotatable bonds is 3. The summed E-state index contributed by atoms with van der Waals surface area (Å²) >= 11 is 1.21. The van der Waals surface area contributed by atoms with Crippen molar-refractivity contribution in [2.45, 2.75) is 42.7 Å². The highest BCUT2D eigenvalue weighted by Crippen LogP contribution is 2.36. The van der Waals surface area contributed by atoms with Gasteiger partial charge >= 0.3 is 0 Å². The summed E-state index contributed by atoms with van der Waals surface area (Å²) in [5.41, 5.74) is 2.84. The molecule has 6 heteroatoms. The van der Waals surface area contributed by atoms with E-state index >= 15 is 0 Å². The van der Waals surface area contributed by atoms with Crippen LogP contribution in [0.25, 0.3) is 22.0 Å². The van der Waals surface area contributed by atoms with Crippen molar-refractivity contribution in [3.8, 4) is 11.1 Å². The molecule has 130 valence electrons. The molecule has 0 unspecified atom stereocenters. The average molecular weight is 355 g/mol. The number of aliphatic hydroxyl groups is 1. The largest absolute Gasteiger partial charge is 0.393 e. The number of nitrogens with two attached hydrogens (primary N) is 1. The number of pyridine rings is 1. The van der Waals surface area contributed by atoms with Gasteiger partial charge in [0.25, 0.3) is 5.56 Å². The van der Waals surface area contributed by atoms with Crippen molar-refractivity contribution in [1.82, 2.24) is 9.55 Å². The van der Waals surface area contributed by atoms with E-state index in [0.717, 1.165) is 52.6 Å². The van der Waals surface area contributed by atoms with Crippen LogP contribution < -0.4 is 10.7 Å². The average Bonchev–Trinajstić information content (AvgIpc) is 3.03. The van der Waals surface area contributed by atoms with Crippen molar-refractivity contribution in [2.75, 3.05) is 0 Å². The van der Waals surface area contributed by atoms with E-state index in [1.54, 1.807) is 6.20 Å². The van der Waals surface area contributed by atoms with Crippen LogP contribution in [0.1, 0.15) is 31.7 Å². The van der Waals surface area contributed by atoms with E-state index in [1.807, 2.05) is 30.3 Å². The van der Waals surface area contributed by atoms with Gasteiger partial charge in [-0.05, 0) is 61.4 Å². The Kier molecular flexibility index (Phi) is 4.41. The predicted molar refractivity (Wildman–Crippen MR) is 102 cm³/mol. The van der Waals surface area contributed by atoms with Crippen molar-refractivity contribution in [3.05, 3.63) is 53.1 Å². The minimum absolute atomic E-state index is 0.0700. The molecular weight excluding hydrogens is 334 g/mol. The van der Waals surface area contributed by atoms with E-state index in [9.17, 15) is 9.90 Å². The smallest absolute Gasteiger partial charge is 0.258 e. The van der Waals surface area contributed by atoms with Crippen LogP contribution in [0.2, 0.25) is 0 Å². The summed E-state index contributed by atoms with van der Waals surface area (Å²) in [5.74, 6) is 0. The molecular formula is C19H21N3O2S. The second-order valence-corrected chi connectivity index (χ2v) is 7.33. The van der Waals surface area contributed by atoms with Gasteiger partial charge in [0.2, 0.25) is 0 Å². The number of hydrogen-bond acceptors (Lipinski definition) is 4. The van der Waals surface area contributed by atoms with Gasteiger partial charge in [0.15, 0.2) is 0 Å². The topological polar surface area (TPSA) is 84.0 Å². The summed E-state index contributed by atoms with van der Waals surface area (Å²) in [6.45, 7) is 0. The van der Waals surface area contributed by atoms with Crippen LogP contribution in [0.3, 0.4) is 0 Å². The molecule has 0 aliphatic heterocycles. The standard InChI is InChI=1S/C19H21N3O2S/c20-25-15-7-1-12(2-8-15)16-11-22(13-3-5-14(23)6-4-13)17-9-10-21-19(24)18(16)17/h1-2,7-11,13-14,23H,3-6,20H2,(H,21,24). The van der Waals surface area contributed by atoms with Crippen molar-refractivity contribution in [2.24, 2.45) is 5.14 Å². The molecule has 0 atom stereocenters. The van der Waals surface area contributed by atoms with Crippen molar-refractivity contribution >= 4 is 22.9 Å². The van der Waals surface area contributed by atoms with Crippen LogP contribution in [0.4, 0.5) is 0 Å². The molecule has 1 aromatic carbocycles. The van der Waals surface area contributed by atoms with Gasteiger partial charge in [0, 0.05) is 28.9 Å². The van der Waals surface area contributed by atoms with Crippen molar-refractivity contribution < 1.29 is 5.11 Å². The van der Waals surface area contributed by atoms with Gasteiger partial charge in [0.05, 0.1) is 17.0 Å². The highest BCUT2D eigenvalue weighted by atomic mass is 32.2. The van der Waals surface area contributed by atoms with E-state index in [0.29, 0.717) is 6.04 Å². The third-order valence-electron chi connectivity index (χ3n) is 5.12. The molecule has 5 nitrogen and oxygen atoms in total. The lowest BCUT2D eigenvalue weighted by atomic mass is 9.93. The molecule has 1 saturated carbocycles. The Hall–Kier alpha value is -2.02. The molecule has 1 fully saturated rings. The Balaban J connectivity index is 1.85. The monoisotopic (exact) mass is 355 g/mol. The Bertz CT molecular complexity index is 937. The minimum atomic E-state index is -0.192. The van der Waals surface area contributed by atoms with Gasteiger partial charge in [-0.2, -0.15) is 0 Å². The highest BCUT2D eigenvalue weighted by Gasteiger charge is 2.24. The lowest BCUT2D eigenvalue weighted by Crippen LogP contribution is -2.20. The lowest BCUT2D eigenvalue weighted by molar-refractivity contribution is 0.111. The zero-order valence-electron chi connectivity index (χ0n) is 13.8. The first-order valence-electron chi connectivity index (χ1n) is 8.55. The zero-order chi connectivity index (χ0) is 17.4. The lowest BCUT2D eigenvalue weighted by Gasteiger charge is -2.27. The van der Waals surface area contributed by atoms with Gasteiger partial charge < -0.3 is 14.7 Å². The first kappa shape index (κ1) is 16.4.